The van der Waals surface area contributed by atoms with E-state index in [1.165, 1.54) is 0 Å². The van der Waals surface area contributed by atoms with Crippen molar-refractivity contribution in [2.75, 3.05) is 7.11 Å². The molecule has 0 spiro atoms. The molecule has 1 N–H and O–H groups in total. The van der Waals surface area contributed by atoms with Crippen molar-refractivity contribution in [2.24, 2.45) is 0 Å². The van der Waals surface area contributed by atoms with Crippen molar-refractivity contribution in [3.05, 3.63) is 42.2 Å². The quantitative estimate of drug-likeness (QED) is 0.920. The highest BCUT2D eigenvalue weighted by molar-refractivity contribution is 5.92. The van der Waals surface area contributed by atoms with Gasteiger partial charge in [-0.3, -0.25) is 4.79 Å². The number of nitrogens with zero attached hydrogens (tertiary/aromatic N) is 2. The van der Waals surface area contributed by atoms with Crippen LogP contribution in [0.2, 0.25) is 0 Å². The Morgan fingerprint density at radius 1 is 1.29 bits per heavy atom. The fourth-order valence-corrected chi connectivity index (χ4v) is 1.78. The number of aromatic nitrogens is 2. The lowest BCUT2D eigenvalue weighted by Crippen LogP contribution is -2.42. The summed E-state index contributed by atoms with van der Waals surface area (Å²) >= 11 is 0. The van der Waals surface area contributed by atoms with E-state index in [1.54, 1.807) is 24.1 Å². The maximum Gasteiger partial charge on any atom is 0.272 e. The number of hydrogen-bond acceptors (Lipinski definition) is 3. The third-order valence-corrected chi connectivity index (χ3v) is 3.49. The maximum absolute atomic E-state index is 12.2. The second-order valence-electron chi connectivity index (χ2n) is 5.54. The highest BCUT2D eigenvalue weighted by atomic mass is 16.5. The molecular weight excluding hydrogens is 266 g/mol. The molecule has 0 aliphatic rings. The van der Waals surface area contributed by atoms with Crippen molar-refractivity contribution in [1.82, 2.24) is 15.1 Å². The number of ether oxygens (including phenoxy) is 1. The maximum atomic E-state index is 12.2. The van der Waals surface area contributed by atoms with Crippen LogP contribution in [0.5, 0.6) is 5.75 Å². The Morgan fingerprint density at radius 3 is 2.52 bits per heavy atom. The van der Waals surface area contributed by atoms with Gasteiger partial charge >= 0.3 is 0 Å². The highest BCUT2D eigenvalue weighted by Gasteiger charge is 2.20. The number of benzene rings is 1. The van der Waals surface area contributed by atoms with Crippen molar-refractivity contribution < 1.29 is 9.53 Å². The number of methoxy groups -OCH3 is 1. The number of carbonyl (C=O) groups is 1. The van der Waals surface area contributed by atoms with Crippen LogP contribution in [-0.4, -0.2) is 28.3 Å². The highest BCUT2D eigenvalue weighted by Crippen LogP contribution is 2.15. The molecule has 2 rings (SSSR count). The van der Waals surface area contributed by atoms with Crippen LogP contribution < -0.4 is 10.1 Å². The van der Waals surface area contributed by atoms with Gasteiger partial charge in [-0.1, -0.05) is 6.92 Å². The predicted octanol–water partition coefficient (Wildman–Crippen LogP) is 2.80. The van der Waals surface area contributed by atoms with E-state index in [0.717, 1.165) is 17.9 Å². The third kappa shape index (κ3) is 3.62. The summed E-state index contributed by atoms with van der Waals surface area (Å²) in [6.45, 7) is 6.02. The summed E-state index contributed by atoms with van der Waals surface area (Å²) < 4.78 is 6.80. The fourth-order valence-electron chi connectivity index (χ4n) is 1.78. The number of hydrogen-bond donors (Lipinski definition) is 1. The number of rotatable bonds is 5. The van der Waals surface area contributed by atoms with E-state index in [9.17, 15) is 4.79 Å². The first kappa shape index (κ1) is 15.1. The Hall–Kier alpha value is -2.30. The predicted molar refractivity (Wildman–Crippen MR) is 82.0 cm³/mol. The number of nitrogens with one attached hydrogen (secondary N) is 1. The monoisotopic (exact) mass is 287 g/mol. The van der Waals surface area contributed by atoms with Crippen LogP contribution in [0.1, 0.15) is 37.7 Å². The molecule has 1 amide bonds. The van der Waals surface area contributed by atoms with E-state index < -0.39 is 0 Å². The minimum absolute atomic E-state index is 0.158. The summed E-state index contributed by atoms with van der Waals surface area (Å²) in [4.78, 5) is 12.2. The Morgan fingerprint density at radius 2 is 1.95 bits per heavy atom. The lowest BCUT2D eigenvalue weighted by molar-refractivity contribution is 0.0905. The largest absolute Gasteiger partial charge is 0.497 e. The van der Waals surface area contributed by atoms with E-state index in [4.69, 9.17) is 4.74 Å². The molecule has 0 radical (unpaired) electrons. The Balaban J connectivity index is 2.15. The average Bonchev–Trinajstić information content (AvgIpc) is 2.97. The van der Waals surface area contributed by atoms with Crippen molar-refractivity contribution in [3.63, 3.8) is 0 Å². The lowest BCUT2D eigenvalue weighted by atomic mass is 10.0. The molecule has 5 nitrogen and oxygen atoms in total. The van der Waals surface area contributed by atoms with Crippen LogP contribution in [0.25, 0.3) is 5.69 Å². The smallest absolute Gasteiger partial charge is 0.272 e. The van der Waals surface area contributed by atoms with E-state index in [1.807, 2.05) is 45.0 Å². The van der Waals surface area contributed by atoms with E-state index >= 15 is 0 Å². The van der Waals surface area contributed by atoms with Crippen LogP contribution in [0.3, 0.4) is 0 Å². The molecule has 1 heterocycles. The molecule has 0 aliphatic carbocycles. The third-order valence-electron chi connectivity index (χ3n) is 3.49. The van der Waals surface area contributed by atoms with Crippen LogP contribution >= 0.6 is 0 Å². The molecule has 112 valence electrons. The summed E-state index contributed by atoms with van der Waals surface area (Å²) in [5.41, 5.74) is 1.05. The SMILES string of the molecule is CCC(C)(C)NC(=O)c1ccn(-c2ccc(OC)cc2)n1. The Kier molecular flexibility index (Phi) is 4.31. The first-order chi connectivity index (χ1) is 9.95. The molecule has 1 aromatic heterocycles. The van der Waals surface area contributed by atoms with Crippen molar-refractivity contribution in [1.29, 1.82) is 0 Å². The molecule has 1 aromatic carbocycles. The van der Waals surface area contributed by atoms with E-state index in [-0.39, 0.29) is 11.4 Å². The molecule has 0 bridgehead atoms. The van der Waals surface area contributed by atoms with E-state index in [0.29, 0.717) is 5.69 Å². The average molecular weight is 287 g/mol. The van der Waals surface area contributed by atoms with Gasteiger partial charge in [-0.05, 0) is 50.6 Å². The molecule has 0 saturated heterocycles. The molecule has 0 fully saturated rings. The molecule has 21 heavy (non-hydrogen) atoms. The molecule has 0 aliphatic heterocycles. The van der Waals surface area contributed by atoms with Crippen LogP contribution in [0, 0.1) is 0 Å². The molecule has 5 heteroatoms. The summed E-state index contributed by atoms with van der Waals surface area (Å²) in [6.07, 6.45) is 2.63. The zero-order valence-electron chi connectivity index (χ0n) is 12.9. The zero-order valence-corrected chi connectivity index (χ0v) is 12.9. The van der Waals surface area contributed by atoms with Gasteiger partial charge in [0.05, 0.1) is 12.8 Å². The minimum Gasteiger partial charge on any atom is -0.497 e. The number of amides is 1. The van der Waals surface area contributed by atoms with Crippen LogP contribution in [-0.2, 0) is 0 Å². The molecular formula is C16H21N3O2. The minimum atomic E-state index is -0.235. The van der Waals surface area contributed by atoms with Crippen LogP contribution in [0.15, 0.2) is 36.5 Å². The lowest BCUT2D eigenvalue weighted by Gasteiger charge is -2.23. The van der Waals surface area contributed by atoms with E-state index in [2.05, 4.69) is 10.4 Å². The summed E-state index contributed by atoms with van der Waals surface area (Å²) in [7, 11) is 1.63. The standard InChI is InChI=1S/C16H21N3O2/c1-5-16(2,3)17-15(20)14-10-11-19(18-14)12-6-8-13(21-4)9-7-12/h6-11H,5H2,1-4H3,(H,17,20). The Labute approximate surface area is 124 Å². The first-order valence-corrected chi connectivity index (χ1v) is 6.98. The molecule has 0 atom stereocenters. The second kappa shape index (κ2) is 5.99. The normalized spacial score (nSPS) is 11.2. The topological polar surface area (TPSA) is 56.2 Å². The summed E-state index contributed by atoms with van der Waals surface area (Å²) in [6, 6.07) is 9.21. The van der Waals surface area contributed by atoms with Crippen LogP contribution in [0.4, 0.5) is 0 Å². The molecule has 2 aromatic rings. The first-order valence-electron chi connectivity index (χ1n) is 6.98. The van der Waals surface area contributed by atoms with Gasteiger partial charge in [0, 0.05) is 11.7 Å². The van der Waals surface area contributed by atoms with Gasteiger partial charge in [0.2, 0.25) is 0 Å². The number of carbonyl (C=O) groups excluding carboxylic acids is 1. The Bertz CT molecular complexity index is 615. The van der Waals surface area contributed by atoms with Crippen molar-refractivity contribution >= 4 is 5.91 Å². The summed E-state index contributed by atoms with van der Waals surface area (Å²) in [5, 5.41) is 7.29. The van der Waals surface area contributed by atoms with Gasteiger partial charge in [0.1, 0.15) is 5.75 Å². The van der Waals surface area contributed by atoms with Gasteiger partial charge < -0.3 is 10.1 Å². The second-order valence-corrected chi connectivity index (χ2v) is 5.54. The van der Waals surface area contributed by atoms with Crippen molar-refractivity contribution in [2.45, 2.75) is 32.7 Å². The fraction of sp³-hybridized carbons (Fsp3) is 0.375. The summed E-state index contributed by atoms with van der Waals surface area (Å²) in [5.74, 6) is 0.627. The van der Waals surface area contributed by atoms with Gasteiger partial charge in [0.25, 0.3) is 5.91 Å². The molecule has 0 unspecified atom stereocenters. The van der Waals surface area contributed by atoms with Gasteiger partial charge in [-0.25, -0.2) is 4.68 Å². The zero-order chi connectivity index (χ0) is 15.5. The van der Waals surface area contributed by atoms with Crippen molar-refractivity contribution in [3.8, 4) is 11.4 Å². The van der Waals surface area contributed by atoms with Gasteiger partial charge in [0.15, 0.2) is 5.69 Å². The van der Waals surface area contributed by atoms with Gasteiger partial charge in [-0.2, -0.15) is 5.10 Å². The van der Waals surface area contributed by atoms with Gasteiger partial charge in [-0.15, -0.1) is 0 Å². The molecule has 0 saturated carbocycles.